The molecule has 1 unspecified atom stereocenters. The van der Waals surface area contributed by atoms with Crippen molar-refractivity contribution in [2.45, 2.75) is 19.3 Å². The summed E-state index contributed by atoms with van der Waals surface area (Å²) in [6.45, 7) is 3.11. The topological polar surface area (TPSA) is 67.6 Å². The van der Waals surface area contributed by atoms with Crippen molar-refractivity contribution < 1.29 is 9.53 Å². The lowest BCUT2D eigenvalue weighted by atomic mass is 9.95. The molecule has 0 saturated carbocycles. The van der Waals surface area contributed by atoms with Crippen molar-refractivity contribution in [1.29, 1.82) is 0 Å². The molecule has 0 aromatic heterocycles. The maximum absolute atomic E-state index is 12.2. The number of hydrogen-bond acceptors (Lipinski definition) is 4. The number of para-hydroxylation sites is 2. The summed E-state index contributed by atoms with van der Waals surface area (Å²) in [5, 5.41) is 2.93. The van der Waals surface area contributed by atoms with Crippen molar-refractivity contribution >= 4 is 11.6 Å². The van der Waals surface area contributed by atoms with E-state index in [1.54, 1.807) is 7.11 Å². The van der Waals surface area contributed by atoms with Gasteiger partial charge in [-0.25, -0.2) is 0 Å². The lowest BCUT2D eigenvalue weighted by Crippen LogP contribution is -2.40. The summed E-state index contributed by atoms with van der Waals surface area (Å²) in [4.78, 5) is 14.4. The van der Waals surface area contributed by atoms with E-state index in [4.69, 9.17) is 10.5 Å². The van der Waals surface area contributed by atoms with E-state index < -0.39 is 0 Å². The van der Waals surface area contributed by atoms with Crippen LogP contribution in [0.5, 0.6) is 5.75 Å². The number of methoxy groups -OCH3 is 1. The quantitative estimate of drug-likeness (QED) is 0.837. The van der Waals surface area contributed by atoms with Crippen molar-refractivity contribution in [3.05, 3.63) is 24.3 Å². The summed E-state index contributed by atoms with van der Waals surface area (Å²) < 4.78 is 5.24. The fourth-order valence-electron chi connectivity index (χ4n) is 2.91. The van der Waals surface area contributed by atoms with Gasteiger partial charge in [0.15, 0.2) is 0 Å². The molecule has 1 saturated heterocycles. The number of nitrogens with two attached hydrogens (primary N) is 1. The summed E-state index contributed by atoms with van der Waals surface area (Å²) in [7, 11) is 1.60. The number of amides is 1. The summed E-state index contributed by atoms with van der Waals surface area (Å²) in [6, 6.07) is 7.46. The number of hydrogen-bond donors (Lipinski definition) is 2. The second-order valence-electron chi connectivity index (χ2n) is 5.57. The minimum Gasteiger partial charge on any atom is -0.495 e. The highest BCUT2D eigenvalue weighted by Crippen LogP contribution is 2.23. The normalized spacial score (nSPS) is 19.2. The molecule has 1 aliphatic rings. The Bertz CT molecular complexity index is 463. The number of piperidine rings is 1. The van der Waals surface area contributed by atoms with Crippen molar-refractivity contribution in [2.24, 2.45) is 11.7 Å². The minimum absolute atomic E-state index is 0.00731. The van der Waals surface area contributed by atoms with Gasteiger partial charge in [-0.3, -0.25) is 9.69 Å². The Hall–Kier alpha value is -1.59. The van der Waals surface area contributed by atoms with Gasteiger partial charge < -0.3 is 15.8 Å². The number of benzene rings is 1. The van der Waals surface area contributed by atoms with Crippen LogP contribution in [0.25, 0.3) is 0 Å². The molecule has 116 valence electrons. The van der Waals surface area contributed by atoms with E-state index in [0.717, 1.165) is 38.2 Å². The zero-order valence-corrected chi connectivity index (χ0v) is 12.7. The third-order valence-electron chi connectivity index (χ3n) is 3.93. The molecule has 1 fully saturated rings. The third kappa shape index (κ3) is 4.72. The van der Waals surface area contributed by atoms with E-state index in [1.807, 2.05) is 24.3 Å². The molecule has 1 amide bonds. The summed E-state index contributed by atoms with van der Waals surface area (Å²) >= 11 is 0. The summed E-state index contributed by atoms with van der Waals surface area (Å²) in [5.74, 6) is 1.32. The molecule has 0 aliphatic carbocycles. The van der Waals surface area contributed by atoms with E-state index in [2.05, 4.69) is 10.2 Å². The van der Waals surface area contributed by atoms with Crippen LogP contribution >= 0.6 is 0 Å². The standard InChI is InChI=1S/C16H25N3O2/c1-21-15-7-3-2-6-14(15)18-16(20)12-19-10-4-5-13(11-19)8-9-17/h2-3,6-7,13H,4-5,8-12,17H2,1H3,(H,18,20). The first kappa shape index (κ1) is 15.8. The number of ether oxygens (including phenoxy) is 1. The largest absolute Gasteiger partial charge is 0.495 e. The molecule has 3 N–H and O–H groups in total. The third-order valence-corrected chi connectivity index (χ3v) is 3.93. The highest BCUT2D eigenvalue weighted by atomic mass is 16.5. The molecule has 1 heterocycles. The molecule has 21 heavy (non-hydrogen) atoms. The van der Waals surface area contributed by atoms with Gasteiger partial charge in [0.05, 0.1) is 19.3 Å². The van der Waals surface area contributed by atoms with Crippen molar-refractivity contribution in [1.82, 2.24) is 4.90 Å². The fraction of sp³-hybridized carbons (Fsp3) is 0.562. The molecule has 5 heteroatoms. The highest BCUT2D eigenvalue weighted by Gasteiger charge is 2.21. The van der Waals surface area contributed by atoms with Crippen LogP contribution in [0, 0.1) is 5.92 Å². The first-order chi connectivity index (χ1) is 10.2. The number of rotatable bonds is 6. The minimum atomic E-state index is 0.00731. The SMILES string of the molecule is COc1ccccc1NC(=O)CN1CCCC(CCN)C1. The first-order valence-electron chi connectivity index (χ1n) is 7.58. The van der Waals surface area contributed by atoms with E-state index in [0.29, 0.717) is 18.2 Å². The van der Waals surface area contributed by atoms with E-state index in [1.165, 1.54) is 6.42 Å². The predicted molar refractivity (Wildman–Crippen MR) is 84.5 cm³/mol. The van der Waals surface area contributed by atoms with Crippen LogP contribution in [0.4, 0.5) is 5.69 Å². The molecule has 5 nitrogen and oxygen atoms in total. The molecule has 1 aliphatic heterocycles. The average molecular weight is 291 g/mol. The van der Waals surface area contributed by atoms with Crippen LogP contribution in [0.1, 0.15) is 19.3 Å². The second kappa shape index (κ2) is 8.00. The number of nitrogens with zero attached hydrogens (tertiary/aromatic N) is 1. The average Bonchev–Trinajstić information content (AvgIpc) is 2.48. The lowest BCUT2D eigenvalue weighted by Gasteiger charge is -2.32. The van der Waals surface area contributed by atoms with Gasteiger partial charge in [-0.15, -0.1) is 0 Å². The summed E-state index contributed by atoms with van der Waals surface area (Å²) in [6.07, 6.45) is 3.42. The Morgan fingerprint density at radius 2 is 2.29 bits per heavy atom. The Balaban J connectivity index is 1.86. The van der Waals surface area contributed by atoms with E-state index >= 15 is 0 Å². The second-order valence-corrected chi connectivity index (χ2v) is 5.57. The maximum Gasteiger partial charge on any atom is 0.238 e. The molecular formula is C16H25N3O2. The van der Waals surface area contributed by atoms with Crippen LogP contribution in [-0.4, -0.2) is 44.1 Å². The number of carbonyl (C=O) groups excluding carboxylic acids is 1. The number of likely N-dealkylation sites (tertiary alicyclic amines) is 1. The van der Waals surface area contributed by atoms with Crippen molar-refractivity contribution in [3.63, 3.8) is 0 Å². The molecule has 1 aromatic carbocycles. The van der Waals surface area contributed by atoms with Gasteiger partial charge in [0, 0.05) is 6.54 Å². The van der Waals surface area contributed by atoms with Crippen LogP contribution in [0.15, 0.2) is 24.3 Å². The van der Waals surface area contributed by atoms with Crippen LogP contribution in [-0.2, 0) is 4.79 Å². The van der Waals surface area contributed by atoms with E-state index in [-0.39, 0.29) is 5.91 Å². The summed E-state index contributed by atoms with van der Waals surface area (Å²) in [5.41, 5.74) is 6.35. The monoisotopic (exact) mass is 291 g/mol. The molecule has 1 atom stereocenters. The fourth-order valence-corrected chi connectivity index (χ4v) is 2.91. The van der Waals surface area contributed by atoms with Crippen molar-refractivity contribution in [3.8, 4) is 5.75 Å². The van der Waals surface area contributed by atoms with Gasteiger partial charge in [-0.2, -0.15) is 0 Å². The number of nitrogens with one attached hydrogen (secondary N) is 1. The van der Waals surface area contributed by atoms with Crippen LogP contribution < -0.4 is 15.8 Å². The van der Waals surface area contributed by atoms with E-state index in [9.17, 15) is 4.79 Å². The Labute approximate surface area is 126 Å². The predicted octanol–water partition coefficient (Wildman–Crippen LogP) is 1.69. The zero-order valence-electron chi connectivity index (χ0n) is 12.7. The molecule has 0 spiro atoms. The Morgan fingerprint density at radius 3 is 3.05 bits per heavy atom. The highest BCUT2D eigenvalue weighted by molar-refractivity contribution is 5.93. The first-order valence-corrected chi connectivity index (χ1v) is 7.58. The zero-order chi connectivity index (χ0) is 15.1. The van der Waals surface area contributed by atoms with Crippen LogP contribution in [0.2, 0.25) is 0 Å². The molecule has 0 bridgehead atoms. The van der Waals surface area contributed by atoms with Gasteiger partial charge in [-0.1, -0.05) is 12.1 Å². The Kier molecular flexibility index (Phi) is 6.02. The molecule has 2 rings (SSSR count). The number of carbonyl (C=O) groups is 1. The van der Waals surface area contributed by atoms with Gasteiger partial charge in [0.1, 0.15) is 5.75 Å². The van der Waals surface area contributed by atoms with Crippen molar-refractivity contribution in [2.75, 3.05) is 38.6 Å². The maximum atomic E-state index is 12.2. The molecule has 0 radical (unpaired) electrons. The smallest absolute Gasteiger partial charge is 0.238 e. The Morgan fingerprint density at radius 1 is 1.48 bits per heavy atom. The number of anilines is 1. The van der Waals surface area contributed by atoms with Gasteiger partial charge in [-0.05, 0) is 50.4 Å². The lowest BCUT2D eigenvalue weighted by molar-refractivity contribution is -0.117. The van der Waals surface area contributed by atoms with Gasteiger partial charge in [0.25, 0.3) is 0 Å². The van der Waals surface area contributed by atoms with Gasteiger partial charge in [0.2, 0.25) is 5.91 Å². The molecular weight excluding hydrogens is 266 g/mol. The van der Waals surface area contributed by atoms with Crippen LogP contribution in [0.3, 0.4) is 0 Å². The van der Waals surface area contributed by atoms with Gasteiger partial charge >= 0.3 is 0 Å². The molecule has 1 aromatic rings.